The average molecular weight is 228 g/mol. The van der Waals surface area contributed by atoms with E-state index in [0.717, 1.165) is 19.3 Å². The Hall–Kier alpha value is -1.34. The van der Waals surface area contributed by atoms with Gasteiger partial charge in [-0.15, -0.1) is 0 Å². The molecular weight excluding hydrogens is 208 g/mol. The molecule has 0 aliphatic heterocycles. The van der Waals surface area contributed by atoms with E-state index in [1.165, 1.54) is 11.1 Å². The Morgan fingerprint density at radius 2 is 2.12 bits per heavy atom. The molecule has 0 bridgehead atoms. The van der Waals surface area contributed by atoms with Gasteiger partial charge < -0.3 is 4.74 Å². The van der Waals surface area contributed by atoms with Crippen LogP contribution in [0, 0.1) is 0 Å². The van der Waals surface area contributed by atoms with E-state index in [0.29, 0.717) is 6.61 Å². The lowest BCUT2D eigenvalue weighted by molar-refractivity contribution is -0.0493. The number of hydrogen-bond donors (Lipinski definition) is 0. The van der Waals surface area contributed by atoms with Crippen molar-refractivity contribution in [1.29, 1.82) is 0 Å². The molecule has 2 rings (SSSR count). The van der Waals surface area contributed by atoms with Crippen LogP contribution in [-0.2, 0) is 11.3 Å². The molecule has 0 fully saturated rings. The van der Waals surface area contributed by atoms with Gasteiger partial charge in [0.2, 0.25) is 0 Å². The van der Waals surface area contributed by atoms with Crippen LogP contribution < -0.4 is 0 Å². The van der Waals surface area contributed by atoms with Gasteiger partial charge in [0.1, 0.15) is 0 Å². The molecule has 0 aromatic heterocycles. The highest BCUT2D eigenvalue weighted by molar-refractivity contribution is 5.20. The van der Waals surface area contributed by atoms with E-state index in [1.807, 2.05) is 12.1 Å². The van der Waals surface area contributed by atoms with E-state index in [-0.39, 0.29) is 5.60 Å². The Labute approximate surface area is 104 Å². The molecule has 0 saturated carbocycles. The van der Waals surface area contributed by atoms with E-state index in [9.17, 15) is 0 Å². The third kappa shape index (κ3) is 3.31. The quantitative estimate of drug-likeness (QED) is 0.748. The van der Waals surface area contributed by atoms with Gasteiger partial charge in [-0.1, -0.05) is 54.6 Å². The summed E-state index contributed by atoms with van der Waals surface area (Å²) in [5.41, 5.74) is 2.58. The molecule has 0 amide bonds. The standard InChI is InChI=1S/C16H20O/c1-3-14-9-11-16(2,12-10-14)17-13-15-7-5-4-6-8-15/h3-9H,1,10-13H2,2H3/t16-/m0/s1. The summed E-state index contributed by atoms with van der Waals surface area (Å²) in [5, 5.41) is 0. The van der Waals surface area contributed by atoms with Crippen molar-refractivity contribution in [3.63, 3.8) is 0 Å². The third-order valence-corrected chi connectivity index (χ3v) is 3.43. The smallest absolute Gasteiger partial charge is 0.0724 e. The maximum Gasteiger partial charge on any atom is 0.0724 e. The van der Waals surface area contributed by atoms with Gasteiger partial charge in [0.15, 0.2) is 0 Å². The second-order valence-electron chi connectivity index (χ2n) is 4.91. The van der Waals surface area contributed by atoms with E-state index in [2.05, 4.69) is 43.8 Å². The molecule has 1 heteroatoms. The number of allylic oxidation sites excluding steroid dienone is 2. The lowest BCUT2D eigenvalue weighted by Gasteiger charge is -2.32. The summed E-state index contributed by atoms with van der Waals surface area (Å²) in [6.07, 6.45) is 7.35. The third-order valence-electron chi connectivity index (χ3n) is 3.43. The zero-order valence-electron chi connectivity index (χ0n) is 10.5. The van der Waals surface area contributed by atoms with Gasteiger partial charge in [0.05, 0.1) is 12.2 Å². The predicted molar refractivity (Wildman–Crippen MR) is 71.8 cm³/mol. The Kier molecular flexibility index (Phi) is 3.80. The summed E-state index contributed by atoms with van der Waals surface area (Å²) in [4.78, 5) is 0. The van der Waals surface area contributed by atoms with Gasteiger partial charge in [0, 0.05) is 0 Å². The molecule has 0 saturated heterocycles. The van der Waals surface area contributed by atoms with Crippen LogP contribution >= 0.6 is 0 Å². The van der Waals surface area contributed by atoms with Crippen LogP contribution in [0.15, 0.2) is 54.6 Å². The summed E-state index contributed by atoms with van der Waals surface area (Å²) in [6, 6.07) is 10.4. The van der Waals surface area contributed by atoms with Crippen molar-refractivity contribution in [2.24, 2.45) is 0 Å². The average Bonchev–Trinajstić information content (AvgIpc) is 2.39. The molecular formula is C16H20O. The van der Waals surface area contributed by atoms with E-state index in [4.69, 9.17) is 4.74 Å². The van der Waals surface area contributed by atoms with Crippen LogP contribution in [0.25, 0.3) is 0 Å². The normalized spacial score (nSPS) is 24.2. The molecule has 0 N–H and O–H groups in total. The SMILES string of the molecule is C=CC1=CC[C@](C)(OCc2ccccc2)CC1. The molecule has 1 atom stereocenters. The molecule has 1 aromatic carbocycles. The van der Waals surface area contributed by atoms with Gasteiger partial charge in [-0.25, -0.2) is 0 Å². The van der Waals surface area contributed by atoms with E-state index < -0.39 is 0 Å². The first kappa shape index (κ1) is 12.1. The fourth-order valence-corrected chi connectivity index (χ4v) is 2.11. The largest absolute Gasteiger partial charge is 0.370 e. The van der Waals surface area contributed by atoms with Crippen molar-refractivity contribution in [2.75, 3.05) is 0 Å². The summed E-state index contributed by atoms with van der Waals surface area (Å²) >= 11 is 0. The summed E-state index contributed by atoms with van der Waals surface area (Å²) < 4.78 is 6.07. The minimum absolute atomic E-state index is 0.0116. The van der Waals surface area contributed by atoms with Crippen molar-refractivity contribution < 1.29 is 4.74 Å². The molecule has 1 aliphatic rings. The topological polar surface area (TPSA) is 9.23 Å². The Morgan fingerprint density at radius 1 is 1.35 bits per heavy atom. The fraction of sp³-hybridized carbons (Fsp3) is 0.375. The molecule has 0 heterocycles. The first-order valence-corrected chi connectivity index (χ1v) is 6.21. The summed E-state index contributed by atoms with van der Waals surface area (Å²) in [7, 11) is 0. The van der Waals surface area contributed by atoms with Gasteiger partial charge >= 0.3 is 0 Å². The first-order valence-electron chi connectivity index (χ1n) is 6.21. The number of benzene rings is 1. The monoisotopic (exact) mass is 228 g/mol. The second-order valence-corrected chi connectivity index (χ2v) is 4.91. The highest BCUT2D eigenvalue weighted by Crippen LogP contribution is 2.31. The van der Waals surface area contributed by atoms with Crippen LogP contribution in [0.2, 0.25) is 0 Å². The van der Waals surface area contributed by atoms with E-state index >= 15 is 0 Å². The molecule has 0 radical (unpaired) electrons. The van der Waals surface area contributed by atoms with Crippen molar-refractivity contribution in [1.82, 2.24) is 0 Å². The lowest BCUT2D eigenvalue weighted by Crippen LogP contribution is -2.30. The van der Waals surface area contributed by atoms with Crippen molar-refractivity contribution in [3.05, 3.63) is 60.2 Å². The van der Waals surface area contributed by atoms with Crippen molar-refractivity contribution >= 4 is 0 Å². The molecule has 1 aliphatic carbocycles. The van der Waals surface area contributed by atoms with Gasteiger partial charge in [0.25, 0.3) is 0 Å². The maximum absolute atomic E-state index is 6.07. The van der Waals surface area contributed by atoms with Crippen molar-refractivity contribution in [3.8, 4) is 0 Å². The Morgan fingerprint density at radius 3 is 2.71 bits per heavy atom. The van der Waals surface area contributed by atoms with Gasteiger partial charge in [-0.2, -0.15) is 0 Å². The summed E-state index contributed by atoms with van der Waals surface area (Å²) in [6.45, 7) is 6.72. The predicted octanol–water partition coefficient (Wildman–Crippen LogP) is 4.26. The van der Waals surface area contributed by atoms with Crippen LogP contribution in [0.1, 0.15) is 31.7 Å². The molecule has 0 spiro atoms. The molecule has 17 heavy (non-hydrogen) atoms. The van der Waals surface area contributed by atoms with Gasteiger partial charge in [-0.05, 0) is 31.7 Å². The number of ether oxygens (including phenoxy) is 1. The minimum atomic E-state index is -0.0116. The molecule has 1 aromatic rings. The van der Waals surface area contributed by atoms with E-state index in [1.54, 1.807) is 0 Å². The minimum Gasteiger partial charge on any atom is -0.370 e. The van der Waals surface area contributed by atoms with Crippen LogP contribution in [-0.4, -0.2) is 5.60 Å². The first-order chi connectivity index (χ1) is 8.22. The Balaban J connectivity index is 1.91. The highest BCUT2D eigenvalue weighted by atomic mass is 16.5. The second kappa shape index (κ2) is 5.33. The zero-order chi connectivity index (χ0) is 12.1. The van der Waals surface area contributed by atoms with Crippen LogP contribution in [0.5, 0.6) is 0 Å². The Bertz CT molecular complexity index is 405. The number of hydrogen-bond acceptors (Lipinski definition) is 1. The molecule has 1 nitrogen and oxygen atoms in total. The molecule has 90 valence electrons. The van der Waals surface area contributed by atoms with Crippen molar-refractivity contribution in [2.45, 2.75) is 38.4 Å². The van der Waals surface area contributed by atoms with Crippen LogP contribution in [0.4, 0.5) is 0 Å². The summed E-state index contributed by atoms with van der Waals surface area (Å²) in [5.74, 6) is 0. The highest BCUT2D eigenvalue weighted by Gasteiger charge is 2.26. The maximum atomic E-state index is 6.07. The number of rotatable bonds is 4. The fourth-order valence-electron chi connectivity index (χ4n) is 2.11. The molecule has 0 unspecified atom stereocenters. The van der Waals surface area contributed by atoms with Crippen LogP contribution in [0.3, 0.4) is 0 Å². The zero-order valence-corrected chi connectivity index (χ0v) is 10.5. The lowest BCUT2D eigenvalue weighted by atomic mass is 9.87. The van der Waals surface area contributed by atoms with Gasteiger partial charge in [-0.3, -0.25) is 0 Å².